The van der Waals surface area contributed by atoms with Crippen LogP contribution in [0.1, 0.15) is 24.2 Å². The van der Waals surface area contributed by atoms with E-state index in [9.17, 15) is 4.79 Å². The molecule has 1 rings (SSSR count). The lowest BCUT2D eigenvalue weighted by Crippen LogP contribution is -2.41. The van der Waals surface area contributed by atoms with Crippen molar-refractivity contribution in [3.63, 3.8) is 0 Å². The Labute approximate surface area is 94.9 Å². The predicted octanol–water partition coefficient (Wildman–Crippen LogP) is 1.14. The van der Waals surface area contributed by atoms with Gasteiger partial charge >= 0.3 is 0 Å². The smallest absolute Gasteiger partial charge is 0.251 e. The topological polar surface area (TPSA) is 69.6 Å². The number of nitrogens with one attached hydrogen (secondary N) is 1. The standard InChI is InChI=1S/C12H17NO3/c1-8(2)11(7-14)13-12(16)9-3-5-10(15)6-4-9/h3-6,8,11,14-15H,7H2,1-2H3,(H,13,16). The van der Waals surface area contributed by atoms with Gasteiger partial charge in [-0.3, -0.25) is 4.79 Å². The summed E-state index contributed by atoms with van der Waals surface area (Å²) >= 11 is 0. The number of aromatic hydroxyl groups is 1. The number of amides is 1. The number of phenols is 1. The molecule has 0 bridgehead atoms. The fourth-order valence-corrected chi connectivity index (χ4v) is 1.29. The summed E-state index contributed by atoms with van der Waals surface area (Å²) < 4.78 is 0. The number of aliphatic hydroxyl groups is 1. The zero-order chi connectivity index (χ0) is 12.1. The van der Waals surface area contributed by atoms with E-state index in [1.807, 2.05) is 13.8 Å². The Bertz CT molecular complexity index is 346. The van der Waals surface area contributed by atoms with Gasteiger partial charge in [0.05, 0.1) is 12.6 Å². The number of aliphatic hydroxyl groups excluding tert-OH is 1. The van der Waals surface area contributed by atoms with E-state index in [0.29, 0.717) is 5.56 Å². The minimum atomic E-state index is -0.249. The molecule has 1 amide bonds. The highest BCUT2D eigenvalue weighted by molar-refractivity contribution is 5.94. The summed E-state index contributed by atoms with van der Waals surface area (Å²) in [6.45, 7) is 3.78. The molecule has 0 aliphatic carbocycles. The molecule has 0 aromatic heterocycles. The fraction of sp³-hybridized carbons (Fsp3) is 0.417. The third-order valence-corrected chi connectivity index (χ3v) is 2.45. The molecule has 88 valence electrons. The first kappa shape index (κ1) is 12.5. The molecule has 1 atom stereocenters. The first-order valence-corrected chi connectivity index (χ1v) is 5.25. The van der Waals surface area contributed by atoms with E-state index in [-0.39, 0.29) is 30.2 Å². The number of carbonyl (C=O) groups is 1. The van der Waals surface area contributed by atoms with Crippen molar-refractivity contribution in [2.24, 2.45) is 5.92 Å². The second kappa shape index (κ2) is 5.51. The number of carbonyl (C=O) groups excluding carboxylic acids is 1. The lowest BCUT2D eigenvalue weighted by Gasteiger charge is -2.19. The van der Waals surface area contributed by atoms with E-state index in [1.54, 1.807) is 12.1 Å². The molecule has 0 aliphatic heterocycles. The molecule has 3 N–H and O–H groups in total. The lowest BCUT2D eigenvalue weighted by molar-refractivity contribution is 0.0897. The van der Waals surface area contributed by atoms with Gasteiger partial charge in [-0.25, -0.2) is 0 Å². The molecule has 0 saturated carbocycles. The van der Waals surface area contributed by atoms with Crippen LogP contribution in [0, 0.1) is 5.92 Å². The molecule has 0 radical (unpaired) electrons. The summed E-state index contributed by atoms with van der Waals surface area (Å²) in [6, 6.07) is 5.75. The first-order valence-electron chi connectivity index (χ1n) is 5.25. The van der Waals surface area contributed by atoms with Crippen molar-refractivity contribution in [1.29, 1.82) is 0 Å². The summed E-state index contributed by atoms with van der Waals surface area (Å²) in [5.41, 5.74) is 0.469. The molecule has 0 fully saturated rings. The van der Waals surface area contributed by atoms with Crippen molar-refractivity contribution in [2.45, 2.75) is 19.9 Å². The molecule has 16 heavy (non-hydrogen) atoms. The van der Waals surface area contributed by atoms with Crippen LogP contribution in [-0.2, 0) is 0 Å². The maximum atomic E-state index is 11.7. The van der Waals surface area contributed by atoms with Crippen LogP contribution >= 0.6 is 0 Å². The Morgan fingerprint density at radius 1 is 1.31 bits per heavy atom. The normalized spacial score (nSPS) is 12.5. The molecule has 1 aromatic carbocycles. The Kier molecular flexibility index (Phi) is 4.31. The second-order valence-electron chi connectivity index (χ2n) is 4.05. The van der Waals surface area contributed by atoms with Crippen molar-refractivity contribution in [3.8, 4) is 5.75 Å². The summed E-state index contributed by atoms with van der Waals surface area (Å²) in [7, 11) is 0. The molecule has 0 heterocycles. The van der Waals surface area contributed by atoms with Gasteiger partial charge in [0.1, 0.15) is 5.75 Å². The molecule has 0 aliphatic rings. The molecule has 1 aromatic rings. The highest BCUT2D eigenvalue weighted by atomic mass is 16.3. The highest BCUT2D eigenvalue weighted by Crippen LogP contribution is 2.10. The van der Waals surface area contributed by atoms with Crippen LogP contribution in [-0.4, -0.2) is 28.8 Å². The largest absolute Gasteiger partial charge is 0.508 e. The van der Waals surface area contributed by atoms with E-state index in [1.165, 1.54) is 12.1 Å². The molecule has 1 unspecified atom stereocenters. The van der Waals surface area contributed by atoms with Crippen molar-refractivity contribution in [2.75, 3.05) is 6.61 Å². The van der Waals surface area contributed by atoms with E-state index in [4.69, 9.17) is 10.2 Å². The van der Waals surface area contributed by atoms with Crippen LogP contribution in [0.5, 0.6) is 5.75 Å². The van der Waals surface area contributed by atoms with Gasteiger partial charge in [0.15, 0.2) is 0 Å². The zero-order valence-electron chi connectivity index (χ0n) is 9.47. The van der Waals surface area contributed by atoms with E-state index in [0.717, 1.165) is 0 Å². The van der Waals surface area contributed by atoms with Crippen LogP contribution in [0.15, 0.2) is 24.3 Å². The van der Waals surface area contributed by atoms with Crippen LogP contribution < -0.4 is 5.32 Å². The number of rotatable bonds is 4. The van der Waals surface area contributed by atoms with Crippen LogP contribution in [0.4, 0.5) is 0 Å². The van der Waals surface area contributed by atoms with E-state index >= 15 is 0 Å². The Hall–Kier alpha value is -1.55. The maximum absolute atomic E-state index is 11.7. The van der Waals surface area contributed by atoms with Gasteiger partial charge in [0.25, 0.3) is 5.91 Å². The molecular weight excluding hydrogens is 206 g/mol. The average Bonchev–Trinajstić information content (AvgIpc) is 2.26. The number of hydrogen-bond acceptors (Lipinski definition) is 3. The Morgan fingerprint density at radius 2 is 1.88 bits per heavy atom. The maximum Gasteiger partial charge on any atom is 0.251 e. The third kappa shape index (κ3) is 3.24. The van der Waals surface area contributed by atoms with Crippen LogP contribution in [0.2, 0.25) is 0 Å². The minimum absolute atomic E-state index is 0.0819. The Morgan fingerprint density at radius 3 is 2.31 bits per heavy atom. The predicted molar refractivity (Wildman–Crippen MR) is 61.3 cm³/mol. The van der Waals surface area contributed by atoms with Gasteiger partial charge < -0.3 is 15.5 Å². The van der Waals surface area contributed by atoms with Crippen LogP contribution in [0.25, 0.3) is 0 Å². The Balaban J connectivity index is 2.68. The lowest BCUT2D eigenvalue weighted by atomic mass is 10.0. The highest BCUT2D eigenvalue weighted by Gasteiger charge is 2.15. The number of phenolic OH excluding ortho intramolecular Hbond substituents is 1. The van der Waals surface area contributed by atoms with E-state index < -0.39 is 0 Å². The monoisotopic (exact) mass is 223 g/mol. The quantitative estimate of drug-likeness (QED) is 0.717. The third-order valence-electron chi connectivity index (χ3n) is 2.45. The van der Waals surface area contributed by atoms with Crippen molar-refractivity contribution in [1.82, 2.24) is 5.32 Å². The molecule has 0 spiro atoms. The van der Waals surface area contributed by atoms with Gasteiger partial charge in [-0.1, -0.05) is 13.8 Å². The van der Waals surface area contributed by atoms with Crippen molar-refractivity contribution < 1.29 is 15.0 Å². The van der Waals surface area contributed by atoms with Gasteiger partial charge in [0.2, 0.25) is 0 Å². The summed E-state index contributed by atoms with van der Waals surface area (Å²) in [5, 5.41) is 20.9. The van der Waals surface area contributed by atoms with E-state index in [2.05, 4.69) is 5.32 Å². The van der Waals surface area contributed by atoms with Gasteiger partial charge in [-0.15, -0.1) is 0 Å². The second-order valence-corrected chi connectivity index (χ2v) is 4.05. The van der Waals surface area contributed by atoms with Gasteiger partial charge in [-0.05, 0) is 30.2 Å². The minimum Gasteiger partial charge on any atom is -0.508 e. The van der Waals surface area contributed by atoms with Crippen molar-refractivity contribution >= 4 is 5.91 Å². The summed E-state index contributed by atoms with van der Waals surface area (Å²) in [4.78, 5) is 11.7. The average molecular weight is 223 g/mol. The number of hydrogen-bond donors (Lipinski definition) is 3. The summed E-state index contributed by atoms with van der Waals surface area (Å²) in [5.74, 6) is 0.0536. The molecule has 4 nitrogen and oxygen atoms in total. The van der Waals surface area contributed by atoms with Crippen LogP contribution in [0.3, 0.4) is 0 Å². The molecule has 0 saturated heterocycles. The first-order chi connectivity index (χ1) is 7.54. The molecule has 4 heteroatoms. The summed E-state index contributed by atoms with van der Waals surface area (Å²) in [6.07, 6.45) is 0. The number of benzene rings is 1. The SMILES string of the molecule is CC(C)C(CO)NC(=O)c1ccc(O)cc1. The fourth-order valence-electron chi connectivity index (χ4n) is 1.29. The zero-order valence-corrected chi connectivity index (χ0v) is 9.47. The molecular formula is C12H17NO3. The van der Waals surface area contributed by atoms with Gasteiger partial charge in [-0.2, -0.15) is 0 Å². The van der Waals surface area contributed by atoms with Gasteiger partial charge in [0, 0.05) is 5.56 Å². The van der Waals surface area contributed by atoms with Crippen molar-refractivity contribution in [3.05, 3.63) is 29.8 Å².